The van der Waals surface area contributed by atoms with Gasteiger partial charge in [0.05, 0.1) is 19.6 Å². The summed E-state index contributed by atoms with van der Waals surface area (Å²) in [4.78, 5) is 107. The number of aromatic amines is 1. The lowest BCUT2D eigenvalue weighted by Crippen LogP contribution is -2.55. The molecular weight excluding hydrogens is 747 g/mol. The van der Waals surface area contributed by atoms with Crippen molar-refractivity contribution >= 4 is 68.9 Å². The molecule has 3 atom stereocenters. The van der Waals surface area contributed by atoms with Crippen LogP contribution in [0.1, 0.15) is 43.7 Å². The number of H-pyrrole nitrogens is 1. The summed E-state index contributed by atoms with van der Waals surface area (Å²) in [5.74, 6) is -4.79. The standard InChI is InChI=1S/C41H49N9O8/c1-25(51)44-22-36(53)48-32-14-15-35(52)42-16-6-7-17-43-40(57)34(20-29-21-45-31-11-5-4-10-30(29)31)50-38(55)24-47-41(58)33(49-37(54)23-46-39(32)56)19-26-12-13-27-8-2-3-9-28(27)18-26/h2-5,8-13,18,21,32-34,45H,6-7,14-17,19-20,22-24H2,1H3,(H,42,52)(H,43,57)(H,44,51)(H,46,56)(H,47,58)(H,48,53)(H,49,54)(H,50,55)/t32-,33+,34+/m0/s1. The van der Waals surface area contributed by atoms with E-state index in [4.69, 9.17) is 0 Å². The number of amides is 8. The Morgan fingerprint density at radius 1 is 0.690 bits per heavy atom. The van der Waals surface area contributed by atoms with Crippen molar-refractivity contribution in [1.29, 1.82) is 0 Å². The summed E-state index contributed by atoms with van der Waals surface area (Å²) in [5.41, 5.74) is 2.38. The van der Waals surface area contributed by atoms with Gasteiger partial charge in [-0.3, -0.25) is 38.4 Å². The zero-order valence-corrected chi connectivity index (χ0v) is 32.2. The van der Waals surface area contributed by atoms with Crippen molar-refractivity contribution in [1.82, 2.24) is 47.5 Å². The first-order valence-corrected chi connectivity index (χ1v) is 19.2. The first-order chi connectivity index (χ1) is 27.9. The van der Waals surface area contributed by atoms with E-state index in [1.165, 1.54) is 6.92 Å². The number of aromatic nitrogens is 1. The van der Waals surface area contributed by atoms with Gasteiger partial charge in [0.25, 0.3) is 0 Å². The normalized spacial score (nSPS) is 19.8. The monoisotopic (exact) mass is 795 g/mol. The highest BCUT2D eigenvalue weighted by atomic mass is 16.2. The number of hydrogen-bond donors (Lipinski definition) is 9. The molecule has 0 bridgehead atoms. The van der Waals surface area contributed by atoms with Gasteiger partial charge in [-0.15, -0.1) is 0 Å². The van der Waals surface area contributed by atoms with Crippen LogP contribution in [0.5, 0.6) is 0 Å². The maximum Gasteiger partial charge on any atom is 0.243 e. The Hall–Kier alpha value is -6.78. The maximum absolute atomic E-state index is 13.7. The van der Waals surface area contributed by atoms with Crippen LogP contribution in [0, 0.1) is 0 Å². The minimum atomic E-state index is -1.23. The lowest BCUT2D eigenvalue weighted by atomic mass is 10.0. The number of carbonyl (C=O) groups is 8. The van der Waals surface area contributed by atoms with E-state index in [-0.39, 0.29) is 38.8 Å². The van der Waals surface area contributed by atoms with E-state index in [2.05, 4.69) is 47.5 Å². The van der Waals surface area contributed by atoms with Gasteiger partial charge < -0.3 is 47.5 Å². The second kappa shape index (κ2) is 20.9. The van der Waals surface area contributed by atoms with E-state index in [0.717, 1.165) is 27.2 Å². The highest BCUT2D eigenvalue weighted by Gasteiger charge is 2.27. The molecule has 1 saturated heterocycles. The average Bonchev–Trinajstić information content (AvgIpc) is 3.62. The third-order valence-corrected chi connectivity index (χ3v) is 9.54. The molecule has 3 aromatic carbocycles. The Morgan fingerprint density at radius 3 is 2.07 bits per heavy atom. The molecule has 17 heteroatoms. The number of nitrogens with one attached hydrogen (secondary N) is 9. The van der Waals surface area contributed by atoms with Crippen molar-refractivity contribution in [2.24, 2.45) is 0 Å². The molecule has 4 aromatic rings. The van der Waals surface area contributed by atoms with Crippen LogP contribution < -0.4 is 42.5 Å². The number of para-hydroxylation sites is 1. The molecule has 8 amide bonds. The van der Waals surface area contributed by atoms with Gasteiger partial charge in [0, 0.05) is 56.4 Å². The lowest BCUT2D eigenvalue weighted by Gasteiger charge is -2.21. The molecule has 5 rings (SSSR count). The van der Waals surface area contributed by atoms with Crippen LogP contribution in [0.4, 0.5) is 0 Å². The van der Waals surface area contributed by atoms with E-state index in [1.807, 2.05) is 66.7 Å². The van der Waals surface area contributed by atoms with Gasteiger partial charge >= 0.3 is 0 Å². The van der Waals surface area contributed by atoms with Gasteiger partial charge in [-0.25, -0.2) is 0 Å². The molecule has 0 spiro atoms. The van der Waals surface area contributed by atoms with E-state index < -0.39 is 85.0 Å². The molecule has 1 aromatic heterocycles. The fourth-order valence-corrected chi connectivity index (χ4v) is 6.51. The third kappa shape index (κ3) is 12.9. The predicted octanol–water partition coefficient (Wildman–Crippen LogP) is -0.264. The Balaban J connectivity index is 1.34. The summed E-state index contributed by atoms with van der Waals surface area (Å²) in [7, 11) is 0. The van der Waals surface area contributed by atoms with Gasteiger partial charge in [0.2, 0.25) is 47.3 Å². The Labute approximate surface area is 334 Å². The van der Waals surface area contributed by atoms with Gasteiger partial charge in [0.15, 0.2) is 0 Å². The molecule has 9 N–H and O–H groups in total. The van der Waals surface area contributed by atoms with Crippen molar-refractivity contribution in [2.75, 3.05) is 32.7 Å². The number of fused-ring (bicyclic) bond motifs is 2. The van der Waals surface area contributed by atoms with Crippen LogP contribution >= 0.6 is 0 Å². The van der Waals surface area contributed by atoms with E-state index >= 15 is 0 Å². The maximum atomic E-state index is 13.7. The highest BCUT2D eigenvalue weighted by Crippen LogP contribution is 2.20. The molecular formula is C41H49N9O8. The molecule has 2 heterocycles. The smallest absolute Gasteiger partial charge is 0.243 e. The summed E-state index contributed by atoms with van der Waals surface area (Å²) < 4.78 is 0. The van der Waals surface area contributed by atoms with Crippen LogP contribution in [0.15, 0.2) is 72.9 Å². The summed E-state index contributed by atoms with van der Waals surface area (Å²) in [6.45, 7) is 0.260. The quantitative estimate of drug-likeness (QED) is 0.120. The first-order valence-electron chi connectivity index (χ1n) is 19.2. The largest absolute Gasteiger partial charge is 0.361 e. The Kier molecular flexibility index (Phi) is 15.3. The van der Waals surface area contributed by atoms with Gasteiger partial charge in [0.1, 0.15) is 18.1 Å². The summed E-state index contributed by atoms with van der Waals surface area (Å²) >= 11 is 0. The summed E-state index contributed by atoms with van der Waals surface area (Å²) in [6, 6.07) is 17.4. The van der Waals surface area contributed by atoms with E-state index in [0.29, 0.717) is 18.4 Å². The molecule has 58 heavy (non-hydrogen) atoms. The van der Waals surface area contributed by atoms with Crippen LogP contribution in [0.2, 0.25) is 0 Å². The van der Waals surface area contributed by atoms with Crippen molar-refractivity contribution in [3.63, 3.8) is 0 Å². The second-order valence-corrected chi connectivity index (χ2v) is 14.0. The molecule has 1 fully saturated rings. The molecule has 17 nitrogen and oxygen atoms in total. The number of benzene rings is 3. The van der Waals surface area contributed by atoms with Gasteiger partial charge in [-0.2, -0.15) is 0 Å². The van der Waals surface area contributed by atoms with Crippen molar-refractivity contribution in [3.8, 4) is 0 Å². The Morgan fingerprint density at radius 2 is 1.33 bits per heavy atom. The minimum absolute atomic E-state index is 0.0283. The summed E-state index contributed by atoms with van der Waals surface area (Å²) in [6.07, 6.45) is 2.71. The van der Waals surface area contributed by atoms with Gasteiger partial charge in [-0.05, 0) is 47.2 Å². The van der Waals surface area contributed by atoms with E-state index in [9.17, 15) is 38.4 Å². The highest BCUT2D eigenvalue weighted by molar-refractivity contribution is 5.95. The molecule has 1 aliphatic rings. The van der Waals surface area contributed by atoms with Crippen LogP contribution in [0.3, 0.4) is 0 Å². The topological polar surface area (TPSA) is 249 Å². The van der Waals surface area contributed by atoms with Crippen LogP contribution in [0.25, 0.3) is 21.7 Å². The van der Waals surface area contributed by atoms with Crippen molar-refractivity contribution in [2.45, 2.75) is 63.6 Å². The third-order valence-electron chi connectivity index (χ3n) is 9.54. The molecule has 1 aliphatic heterocycles. The van der Waals surface area contributed by atoms with E-state index in [1.54, 1.807) is 6.20 Å². The lowest BCUT2D eigenvalue weighted by molar-refractivity contribution is -0.132. The van der Waals surface area contributed by atoms with Crippen LogP contribution in [-0.4, -0.2) is 103 Å². The van der Waals surface area contributed by atoms with Crippen LogP contribution in [-0.2, 0) is 51.2 Å². The average molecular weight is 796 g/mol. The number of carbonyl (C=O) groups excluding carboxylic acids is 8. The second-order valence-electron chi connectivity index (χ2n) is 14.0. The van der Waals surface area contributed by atoms with Gasteiger partial charge in [-0.1, -0.05) is 60.7 Å². The summed E-state index contributed by atoms with van der Waals surface area (Å²) in [5, 5.41) is 23.6. The van der Waals surface area contributed by atoms with Crippen molar-refractivity contribution < 1.29 is 38.4 Å². The first kappa shape index (κ1) is 42.4. The predicted molar refractivity (Wildman–Crippen MR) is 215 cm³/mol. The zero-order chi connectivity index (χ0) is 41.4. The molecule has 0 aliphatic carbocycles. The fourth-order valence-electron chi connectivity index (χ4n) is 6.51. The van der Waals surface area contributed by atoms with Crippen molar-refractivity contribution in [3.05, 3.63) is 84.1 Å². The molecule has 0 radical (unpaired) electrons. The number of rotatable bonds is 7. The Bertz CT molecular complexity index is 2150. The zero-order valence-electron chi connectivity index (χ0n) is 32.2. The molecule has 0 unspecified atom stereocenters. The fraction of sp³-hybridized carbons (Fsp3) is 0.366. The minimum Gasteiger partial charge on any atom is -0.361 e. The molecule has 0 saturated carbocycles. The number of hydrogen-bond acceptors (Lipinski definition) is 8. The molecule has 306 valence electrons. The SMILES string of the molecule is CC(=O)NCC(=O)N[C@H]1CCC(=O)NCCCCNC(=O)[C@@H](Cc2c[nH]c3ccccc23)NC(=O)CNC(=O)[C@@H](Cc2ccc3ccccc3c2)NC(=O)CNC1=O.